The van der Waals surface area contributed by atoms with Crippen LogP contribution in [0.5, 0.6) is 0 Å². The second-order valence-corrected chi connectivity index (χ2v) is 6.52. The van der Waals surface area contributed by atoms with E-state index < -0.39 is 0 Å². The van der Waals surface area contributed by atoms with Gasteiger partial charge in [0, 0.05) is 18.6 Å². The van der Waals surface area contributed by atoms with Crippen molar-refractivity contribution in [1.82, 2.24) is 15.1 Å². The lowest BCUT2D eigenvalue weighted by molar-refractivity contribution is 0.198. The quantitative estimate of drug-likeness (QED) is 0.683. The van der Waals surface area contributed by atoms with Crippen molar-refractivity contribution >= 4 is 0 Å². The highest BCUT2D eigenvalue weighted by molar-refractivity contribution is 4.75. The van der Waals surface area contributed by atoms with E-state index in [0.29, 0.717) is 6.04 Å². The van der Waals surface area contributed by atoms with Crippen molar-refractivity contribution in [2.75, 3.05) is 39.8 Å². The first-order valence-corrected chi connectivity index (χ1v) is 8.25. The lowest BCUT2D eigenvalue weighted by atomic mass is 10.1. The van der Waals surface area contributed by atoms with Crippen molar-refractivity contribution in [2.45, 2.75) is 65.0 Å². The predicted molar refractivity (Wildman–Crippen MR) is 84.8 cm³/mol. The molecule has 1 N–H and O–H groups in total. The molecule has 0 bridgehead atoms. The van der Waals surface area contributed by atoms with Crippen molar-refractivity contribution in [1.29, 1.82) is 0 Å². The molecule has 1 aliphatic heterocycles. The van der Waals surface area contributed by atoms with Crippen LogP contribution in [0.15, 0.2) is 0 Å². The molecule has 1 unspecified atom stereocenters. The molecule has 0 aromatic heterocycles. The molecule has 0 saturated carbocycles. The summed E-state index contributed by atoms with van der Waals surface area (Å²) in [5.41, 5.74) is 0. The largest absolute Gasteiger partial charge is 0.315 e. The highest BCUT2D eigenvalue weighted by atomic mass is 15.2. The minimum absolute atomic E-state index is 0.634. The van der Waals surface area contributed by atoms with Crippen LogP contribution in [0.25, 0.3) is 0 Å². The van der Waals surface area contributed by atoms with Gasteiger partial charge in [-0.2, -0.15) is 0 Å². The van der Waals surface area contributed by atoms with Gasteiger partial charge < -0.3 is 10.2 Å². The molecule has 0 aliphatic carbocycles. The lowest BCUT2D eigenvalue weighted by Crippen LogP contribution is -2.38. The molecule has 0 aromatic carbocycles. The minimum Gasteiger partial charge on any atom is -0.315 e. The van der Waals surface area contributed by atoms with Crippen LogP contribution in [0.4, 0.5) is 0 Å². The van der Waals surface area contributed by atoms with Gasteiger partial charge in [0.15, 0.2) is 0 Å². The van der Waals surface area contributed by atoms with Gasteiger partial charge in [-0.15, -0.1) is 0 Å². The Balaban J connectivity index is 2.02. The van der Waals surface area contributed by atoms with Crippen molar-refractivity contribution in [3.05, 3.63) is 0 Å². The summed E-state index contributed by atoms with van der Waals surface area (Å²) in [6, 6.07) is 1.37. The molecule has 0 amide bonds. The highest BCUT2D eigenvalue weighted by Gasteiger charge is 2.18. The molecule has 1 aliphatic rings. The van der Waals surface area contributed by atoms with Gasteiger partial charge in [0.25, 0.3) is 0 Å². The molecule has 0 radical (unpaired) electrons. The van der Waals surface area contributed by atoms with Crippen LogP contribution in [0.2, 0.25) is 0 Å². The SMILES string of the molecule is CC(C)NCCCCCCN1CCCN(C)CC1C. The molecule has 1 saturated heterocycles. The first-order chi connectivity index (χ1) is 9.09. The summed E-state index contributed by atoms with van der Waals surface area (Å²) in [6.07, 6.45) is 6.80. The van der Waals surface area contributed by atoms with Crippen molar-refractivity contribution in [2.24, 2.45) is 0 Å². The molecule has 19 heavy (non-hydrogen) atoms. The Morgan fingerprint density at radius 2 is 1.84 bits per heavy atom. The third-order valence-electron chi connectivity index (χ3n) is 4.11. The van der Waals surface area contributed by atoms with Gasteiger partial charge >= 0.3 is 0 Å². The van der Waals surface area contributed by atoms with Crippen molar-refractivity contribution in [3.63, 3.8) is 0 Å². The molecular formula is C16H35N3. The lowest BCUT2D eigenvalue weighted by Gasteiger charge is -2.27. The maximum Gasteiger partial charge on any atom is 0.0194 e. The van der Waals surface area contributed by atoms with E-state index in [4.69, 9.17) is 0 Å². The average molecular weight is 269 g/mol. The van der Waals surface area contributed by atoms with E-state index in [9.17, 15) is 0 Å². The zero-order chi connectivity index (χ0) is 14.1. The predicted octanol–water partition coefficient (Wildman–Crippen LogP) is 2.57. The number of nitrogens with one attached hydrogen (secondary N) is 1. The van der Waals surface area contributed by atoms with Crippen LogP contribution < -0.4 is 5.32 Å². The second kappa shape index (κ2) is 9.73. The first kappa shape index (κ1) is 16.9. The summed E-state index contributed by atoms with van der Waals surface area (Å²) in [6.45, 7) is 13.1. The van der Waals surface area contributed by atoms with Gasteiger partial charge in [-0.3, -0.25) is 4.90 Å². The van der Waals surface area contributed by atoms with Crippen LogP contribution in [-0.4, -0.2) is 61.7 Å². The van der Waals surface area contributed by atoms with Crippen LogP contribution in [-0.2, 0) is 0 Å². The summed E-state index contributed by atoms with van der Waals surface area (Å²) in [4.78, 5) is 5.16. The highest BCUT2D eigenvalue weighted by Crippen LogP contribution is 2.10. The van der Waals surface area contributed by atoms with Gasteiger partial charge in [0.05, 0.1) is 0 Å². The number of hydrogen-bond donors (Lipinski definition) is 1. The molecule has 0 aromatic rings. The number of rotatable bonds is 8. The van der Waals surface area contributed by atoms with E-state index in [1.165, 1.54) is 64.8 Å². The fraction of sp³-hybridized carbons (Fsp3) is 1.00. The fourth-order valence-electron chi connectivity index (χ4n) is 2.94. The Bertz CT molecular complexity index is 218. The van der Waals surface area contributed by atoms with Crippen LogP contribution in [0.1, 0.15) is 52.9 Å². The summed E-state index contributed by atoms with van der Waals surface area (Å²) in [5.74, 6) is 0. The Kier molecular flexibility index (Phi) is 8.67. The Morgan fingerprint density at radius 3 is 2.58 bits per heavy atom. The number of likely N-dealkylation sites (N-methyl/N-ethyl adjacent to an activating group) is 1. The maximum atomic E-state index is 3.49. The molecular weight excluding hydrogens is 234 g/mol. The third-order valence-corrected chi connectivity index (χ3v) is 4.11. The average Bonchev–Trinajstić information content (AvgIpc) is 2.49. The summed E-state index contributed by atoms with van der Waals surface area (Å²) < 4.78 is 0. The molecule has 1 atom stereocenters. The van der Waals surface area contributed by atoms with E-state index in [1.54, 1.807) is 0 Å². The van der Waals surface area contributed by atoms with E-state index in [0.717, 1.165) is 6.04 Å². The second-order valence-electron chi connectivity index (χ2n) is 6.52. The maximum absolute atomic E-state index is 3.49. The van der Waals surface area contributed by atoms with Gasteiger partial charge in [-0.05, 0) is 59.4 Å². The summed E-state index contributed by atoms with van der Waals surface area (Å²) in [7, 11) is 2.25. The molecule has 0 spiro atoms. The zero-order valence-corrected chi connectivity index (χ0v) is 13.6. The smallest absolute Gasteiger partial charge is 0.0194 e. The molecule has 1 heterocycles. The Hall–Kier alpha value is -0.120. The van der Waals surface area contributed by atoms with Gasteiger partial charge in [0.2, 0.25) is 0 Å². The van der Waals surface area contributed by atoms with Gasteiger partial charge in [-0.1, -0.05) is 26.7 Å². The molecule has 1 rings (SSSR count). The Morgan fingerprint density at radius 1 is 1.11 bits per heavy atom. The van der Waals surface area contributed by atoms with E-state index >= 15 is 0 Å². The summed E-state index contributed by atoms with van der Waals surface area (Å²) >= 11 is 0. The molecule has 114 valence electrons. The molecule has 1 fully saturated rings. The van der Waals surface area contributed by atoms with Gasteiger partial charge in [0.1, 0.15) is 0 Å². The number of hydrogen-bond acceptors (Lipinski definition) is 3. The standard InChI is InChI=1S/C16H35N3/c1-15(2)17-10-7-5-6-8-12-19-13-9-11-18(4)14-16(19)3/h15-17H,5-14H2,1-4H3. The van der Waals surface area contributed by atoms with Gasteiger partial charge in [-0.25, -0.2) is 0 Å². The van der Waals surface area contributed by atoms with E-state index in [2.05, 4.69) is 42.9 Å². The van der Waals surface area contributed by atoms with E-state index in [1.807, 2.05) is 0 Å². The molecule has 3 heteroatoms. The normalized spacial score (nSPS) is 22.9. The van der Waals surface area contributed by atoms with Crippen LogP contribution in [0, 0.1) is 0 Å². The van der Waals surface area contributed by atoms with Crippen LogP contribution >= 0.6 is 0 Å². The van der Waals surface area contributed by atoms with Crippen LogP contribution in [0.3, 0.4) is 0 Å². The fourth-order valence-corrected chi connectivity index (χ4v) is 2.94. The topological polar surface area (TPSA) is 18.5 Å². The molecule has 3 nitrogen and oxygen atoms in total. The summed E-state index contributed by atoms with van der Waals surface area (Å²) in [5, 5.41) is 3.49. The van der Waals surface area contributed by atoms with E-state index in [-0.39, 0.29) is 0 Å². The number of nitrogens with zero attached hydrogens (tertiary/aromatic N) is 2. The third kappa shape index (κ3) is 7.91. The van der Waals surface area contributed by atoms with Crippen molar-refractivity contribution < 1.29 is 0 Å². The minimum atomic E-state index is 0.634. The van der Waals surface area contributed by atoms with Crippen molar-refractivity contribution in [3.8, 4) is 0 Å². The Labute approximate surface area is 120 Å². The first-order valence-electron chi connectivity index (χ1n) is 8.25. The monoisotopic (exact) mass is 269 g/mol. The number of unbranched alkanes of at least 4 members (excludes halogenated alkanes) is 3. The zero-order valence-electron chi connectivity index (χ0n) is 13.6.